The Hall–Kier alpha value is -3.20. The zero-order chi connectivity index (χ0) is 18.0. The molecule has 0 aliphatic heterocycles. The van der Waals surface area contributed by atoms with Crippen LogP contribution in [0.15, 0.2) is 40.9 Å². The second-order valence-electron chi connectivity index (χ2n) is 5.25. The van der Waals surface area contributed by atoms with E-state index in [9.17, 15) is 14.9 Å². The van der Waals surface area contributed by atoms with Gasteiger partial charge in [0.1, 0.15) is 5.76 Å². The van der Waals surface area contributed by atoms with E-state index < -0.39 is 4.92 Å². The predicted octanol–water partition coefficient (Wildman–Crippen LogP) is 3.69. The highest BCUT2D eigenvalue weighted by Crippen LogP contribution is 2.32. The maximum absolute atomic E-state index is 12.2. The van der Waals surface area contributed by atoms with E-state index in [0.29, 0.717) is 16.3 Å². The maximum Gasteiger partial charge on any atom is 0.279 e. The highest BCUT2D eigenvalue weighted by atomic mass is 32.1. The number of carbonyl (C=O) groups is 1. The van der Waals surface area contributed by atoms with Crippen LogP contribution in [-0.4, -0.2) is 16.0 Å². The van der Waals surface area contributed by atoms with Gasteiger partial charge in [0, 0.05) is 17.0 Å². The van der Waals surface area contributed by atoms with Gasteiger partial charge in [0.15, 0.2) is 0 Å². The first-order valence-corrected chi connectivity index (χ1v) is 8.11. The second kappa shape index (κ2) is 6.73. The van der Waals surface area contributed by atoms with Crippen molar-refractivity contribution in [2.45, 2.75) is 13.8 Å². The van der Waals surface area contributed by atoms with Gasteiger partial charge in [0.25, 0.3) is 11.6 Å². The molecule has 8 nitrogen and oxygen atoms in total. The van der Waals surface area contributed by atoms with Gasteiger partial charge in [-0.1, -0.05) is 5.16 Å². The molecule has 0 spiro atoms. The number of nitro benzene ring substituents is 1. The molecule has 2 N–H and O–H groups in total. The summed E-state index contributed by atoms with van der Waals surface area (Å²) in [6.07, 6.45) is 0. The topological polar surface area (TPSA) is 110 Å². The van der Waals surface area contributed by atoms with Crippen LogP contribution in [0.5, 0.6) is 0 Å². The fraction of sp³-hybridized carbons (Fsp3) is 0.125. The number of thiophene rings is 1. The summed E-state index contributed by atoms with van der Waals surface area (Å²) in [6.45, 7) is 3.67. The maximum atomic E-state index is 12.2. The Bertz CT molecular complexity index is 911. The minimum Gasteiger partial charge on any atom is -0.361 e. The smallest absolute Gasteiger partial charge is 0.279 e. The normalized spacial score (nSPS) is 10.5. The number of non-ortho nitro benzene ring substituents is 1. The molecule has 0 bridgehead atoms. The highest BCUT2D eigenvalue weighted by molar-refractivity contribution is 7.17. The Kier molecular flexibility index (Phi) is 4.48. The summed E-state index contributed by atoms with van der Waals surface area (Å²) in [6, 6.07) is 9.31. The van der Waals surface area contributed by atoms with Crippen LogP contribution in [0.3, 0.4) is 0 Å². The number of hydrogen-bond acceptors (Lipinski definition) is 7. The van der Waals surface area contributed by atoms with Crippen molar-refractivity contribution in [3.8, 4) is 10.4 Å². The molecule has 2 aromatic heterocycles. The number of amides is 1. The van der Waals surface area contributed by atoms with Crippen LogP contribution in [-0.2, 0) is 0 Å². The molecule has 3 aromatic rings. The highest BCUT2D eigenvalue weighted by Gasteiger charge is 2.16. The average molecular weight is 358 g/mol. The number of hydrazine groups is 1. The van der Waals surface area contributed by atoms with E-state index in [1.807, 2.05) is 19.9 Å². The van der Waals surface area contributed by atoms with Crippen LogP contribution in [0.4, 0.5) is 11.4 Å². The molecular weight excluding hydrogens is 344 g/mol. The number of carbonyl (C=O) groups excluding carboxylic acids is 1. The first-order valence-electron chi connectivity index (χ1n) is 7.29. The van der Waals surface area contributed by atoms with Crippen molar-refractivity contribution in [3.05, 3.63) is 62.8 Å². The molecule has 25 heavy (non-hydrogen) atoms. The standard InChI is InChI=1S/C16H14N4O4S/c1-9-15(10(2)24-19-9)13-7-8-14(25-13)16(21)18-17-11-3-5-12(6-4-11)20(22)23/h3-8,17H,1-2H3,(H,18,21). The van der Waals surface area contributed by atoms with E-state index in [2.05, 4.69) is 16.0 Å². The second-order valence-corrected chi connectivity index (χ2v) is 6.33. The van der Waals surface area contributed by atoms with Crippen LogP contribution in [0.25, 0.3) is 10.4 Å². The molecule has 1 aromatic carbocycles. The Balaban J connectivity index is 1.67. The summed E-state index contributed by atoms with van der Waals surface area (Å²) in [7, 11) is 0. The van der Waals surface area contributed by atoms with Crippen molar-refractivity contribution in [1.29, 1.82) is 0 Å². The lowest BCUT2D eigenvalue weighted by molar-refractivity contribution is -0.384. The lowest BCUT2D eigenvalue weighted by Gasteiger charge is -2.06. The summed E-state index contributed by atoms with van der Waals surface area (Å²) < 4.78 is 5.15. The van der Waals surface area contributed by atoms with Crippen LogP contribution < -0.4 is 10.9 Å². The van der Waals surface area contributed by atoms with Crippen molar-refractivity contribution in [2.24, 2.45) is 0 Å². The summed E-state index contributed by atoms with van der Waals surface area (Å²) in [5, 5.41) is 14.5. The van der Waals surface area contributed by atoms with Crippen LogP contribution >= 0.6 is 11.3 Å². The van der Waals surface area contributed by atoms with Gasteiger partial charge in [-0.3, -0.25) is 25.8 Å². The molecule has 2 heterocycles. The van der Waals surface area contributed by atoms with Crippen molar-refractivity contribution < 1.29 is 14.2 Å². The number of hydrogen-bond donors (Lipinski definition) is 2. The number of nitrogens with zero attached hydrogens (tertiary/aromatic N) is 2. The zero-order valence-corrected chi connectivity index (χ0v) is 14.2. The first kappa shape index (κ1) is 16.7. The molecule has 0 saturated heterocycles. The summed E-state index contributed by atoms with van der Waals surface area (Å²) in [4.78, 5) is 23.8. The van der Waals surface area contributed by atoms with Crippen molar-refractivity contribution in [3.63, 3.8) is 0 Å². The Morgan fingerprint density at radius 3 is 2.52 bits per heavy atom. The van der Waals surface area contributed by atoms with Gasteiger partial charge in [-0.2, -0.15) is 0 Å². The first-order chi connectivity index (χ1) is 12.0. The van der Waals surface area contributed by atoms with E-state index in [4.69, 9.17) is 4.52 Å². The Labute approximate surface area is 146 Å². The van der Waals surface area contributed by atoms with Gasteiger partial charge >= 0.3 is 0 Å². The molecule has 0 aliphatic rings. The van der Waals surface area contributed by atoms with E-state index in [1.165, 1.54) is 35.6 Å². The number of aryl methyl sites for hydroxylation is 2. The van der Waals surface area contributed by atoms with Crippen molar-refractivity contribution >= 4 is 28.6 Å². The molecule has 0 aliphatic carbocycles. The minimum absolute atomic E-state index is 0.0146. The van der Waals surface area contributed by atoms with E-state index in [0.717, 1.165) is 16.1 Å². The number of anilines is 1. The summed E-state index contributed by atoms with van der Waals surface area (Å²) in [5.41, 5.74) is 7.49. The molecular formula is C16H14N4O4S. The number of nitro groups is 1. The largest absolute Gasteiger partial charge is 0.361 e. The Morgan fingerprint density at radius 2 is 1.92 bits per heavy atom. The molecule has 1 amide bonds. The van der Waals surface area contributed by atoms with Gasteiger partial charge < -0.3 is 4.52 Å². The molecule has 3 rings (SSSR count). The summed E-state index contributed by atoms with van der Waals surface area (Å²) in [5.74, 6) is 0.400. The predicted molar refractivity (Wildman–Crippen MR) is 93.5 cm³/mol. The summed E-state index contributed by atoms with van der Waals surface area (Å²) >= 11 is 1.33. The quantitative estimate of drug-likeness (QED) is 0.532. The third kappa shape index (κ3) is 3.50. The van der Waals surface area contributed by atoms with Gasteiger partial charge in [0.05, 0.1) is 26.7 Å². The van der Waals surface area contributed by atoms with E-state index in [-0.39, 0.29) is 11.6 Å². The average Bonchev–Trinajstić information content (AvgIpc) is 3.19. The molecule has 9 heteroatoms. The van der Waals surface area contributed by atoms with E-state index in [1.54, 1.807) is 6.07 Å². The van der Waals surface area contributed by atoms with Gasteiger partial charge in [-0.25, -0.2) is 0 Å². The van der Waals surface area contributed by atoms with Gasteiger partial charge in [-0.05, 0) is 38.1 Å². The molecule has 128 valence electrons. The van der Waals surface area contributed by atoms with Crippen molar-refractivity contribution in [2.75, 3.05) is 5.43 Å². The molecule has 0 saturated carbocycles. The molecule has 0 unspecified atom stereocenters. The fourth-order valence-corrected chi connectivity index (χ4v) is 3.33. The minimum atomic E-state index is -0.482. The lowest BCUT2D eigenvalue weighted by Crippen LogP contribution is -2.28. The number of aromatic nitrogens is 1. The van der Waals surface area contributed by atoms with E-state index >= 15 is 0 Å². The van der Waals surface area contributed by atoms with Crippen molar-refractivity contribution in [1.82, 2.24) is 10.6 Å². The van der Waals surface area contributed by atoms with Crippen LogP contribution in [0.1, 0.15) is 21.1 Å². The fourth-order valence-electron chi connectivity index (χ4n) is 2.29. The molecule has 0 atom stereocenters. The number of nitrogens with one attached hydrogen (secondary N) is 2. The Morgan fingerprint density at radius 1 is 1.20 bits per heavy atom. The van der Waals surface area contributed by atoms with Crippen LogP contribution in [0.2, 0.25) is 0 Å². The van der Waals surface area contributed by atoms with Gasteiger partial charge in [-0.15, -0.1) is 11.3 Å². The number of rotatable bonds is 5. The molecule has 0 fully saturated rings. The van der Waals surface area contributed by atoms with Gasteiger partial charge in [0.2, 0.25) is 0 Å². The third-order valence-electron chi connectivity index (χ3n) is 3.51. The monoisotopic (exact) mass is 358 g/mol. The third-order valence-corrected chi connectivity index (χ3v) is 4.61. The zero-order valence-electron chi connectivity index (χ0n) is 13.4. The van der Waals surface area contributed by atoms with Crippen LogP contribution in [0, 0.1) is 24.0 Å². The molecule has 0 radical (unpaired) electrons. The lowest BCUT2D eigenvalue weighted by atomic mass is 10.2. The number of benzene rings is 1. The SMILES string of the molecule is Cc1noc(C)c1-c1ccc(C(=O)NNc2ccc([N+](=O)[O-])cc2)s1.